The Morgan fingerprint density at radius 3 is 2.49 bits per heavy atom. The highest BCUT2D eigenvalue weighted by Gasteiger charge is 2.24. The van der Waals surface area contributed by atoms with Crippen molar-refractivity contribution in [3.05, 3.63) is 95.2 Å². The van der Waals surface area contributed by atoms with E-state index in [9.17, 15) is 10.5 Å². The van der Waals surface area contributed by atoms with E-state index in [4.69, 9.17) is 4.98 Å². The molecule has 0 fully saturated rings. The van der Waals surface area contributed by atoms with Gasteiger partial charge < -0.3 is 0 Å². The van der Waals surface area contributed by atoms with Crippen LogP contribution >= 0.6 is 0 Å². The third-order valence-electron chi connectivity index (χ3n) is 6.00. The van der Waals surface area contributed by atoms with E-state index in [0.29, 0.717) is 11.1 Å². The number of pyridine rings is 2. The fraction of sp³-hybridized carbons (Fsp3) is 0.138. The lowest BCUT2D eigenvalue weighted by Crippen LogP contribution is -2.16. The SMILES string of the molecule is Cc1nc2cnc3ccc(C#Cc4cccnc4)cc3c2n1-c1ccc(C(C)(C)C#N)c(C#N)c1. The number of hydrogen-bond donors (Lipinski definition) is 0. The second-order valence-corrected chi connectivity index (χ2v) is 8.79. The van der Waals surface area contributed by atoms with Gasteiger partial charge in [0.25, 0.3) is 0 Å². The largest absolute Gasteiger partial charge is 0.296 e. The molecule has 3 heterocycles. The van der Waals surface area contributed by atoms with Crippen LogP contribution in [0.1, 0.15) is 41.9 Å². The first-order valence-corrected chi connectivity index (χ1v) is 11.1. The van der Waals surface area contributed by atoms with Gasteiger partial charge in [-0.05, 0) is 68.8 Å². The first-order chi connectivity index (χ1) is 16.9. The molecule has 6 heteroatoms. The Bertz CT molecular complexity index is 1750. The van der Waals surface area contributed by atoms with Gasteiger partial charge in [-0.15, -0.1) is 0 Å². The Labute approximate surface area is 203 Å². The van der Waals surface area contributed by atoms with Crippen LogP contribution in [0.2, 0.25) is 0 Å². The second-order valence-electron chi connectivity index (χ2n) is 8.79. The zero-order valence-electron chi connectivity index (χ0n) is 19.5. The summed E-state index contributed by atoms with van der Waals surface area (Å²) in [4.78, 5) is 13.4. The first kappa shape index (κ1) is 21.8. The average molecular weight is 453 g/mol. The maximum absolute atomic E-state index is 9.83. The Balaban J connectivity index is 1.72. The molecule has 0 radical (unpaired) electrons. The number of benzene rings is 2. The van der Waals surface area contributed by atoms with Gasteiger partial charge in [-0.1, -0.05) is 17.9 Å². The number of hydrogen-bond acceptors (Lipinski definition) is 5. The van der Waals surface area contributed by atoms with Crippen LogP contribution in [0.4, 0.5) is 0 Å². The number of imidazole rings is 1. The van der Waals surface area contributed by atoms with Crippen molar-refractivity contribution in [2.24, 2.45) is 0 Å². The minimum Gasteiger partial charge on any atom is -0.296 e. The lowest BCUT2D eigenvalue weighted by atomic mass is 9.83. The number of aryl methyl sites for hydroxylation is 1. The topological polar surface area (TPSA) is 91.2 Å². The van der Waals surface area contributed by atoms with Gasteiger partial charge in [0.1, 0.15) is 11.3 Å². The highest BCUT2D eigenvalue weighted by Crippen LogP contribution is 2.31. The highest BCUT2D eigenvalue weighted by molar-refractivity contribution is 6.03. The molecular weight excluding hydrogens is 432 g/mol. The van der Waals surface area contributed by atoms with E-state index in [2.05, 4.69) is 33.9 Å². The molecule has 166 valence electrons. The van der Waals surface area contributed by atoms with Gasteiger partial charge in [0.2, 0.25) is 0 Å². The van der Waals surface area contributed by atoms with Crippen molar-refractivity contribution in [3.8, 4) is 29.7 Å². The Kier molecular flexibility index (Phi) is 5.25. The molecule has 0 unspecified atom stereocenters. The van der Waals surface area contributed by atoms with Gasteiger partial charge in [-0.2, -0.15) is 10.5 Å². The Morgan fingerprint density at radius 2 is 1.74 bits per heavy atom. The van der Waals surface area contributed by atoms with Crippen molar-refractivity contribution >= 4 is 21.9 Å². The van der Waals surface area contributed by atoms with E-state index in [-0.39, 0.29) is 0 Å². The summed E-state index contributed by atoms with van der Waals surface area (Å²) < 4.78 is 2.03. The highest BCUT2D eigenvalue weighted by atomic mass is 15.1. The van der Waals surface area contributed by atoms with Gasteiger partial charge in [0.05, 0.1) is 40.3 Å². The molecule has 0 N–H and O–H groups in total. The number of nitriles is 2. The molecule has 35 heavy (non-hydrogen) atoms. The summed E-state index contributed by atoms with van der Waals surface area (Å²) in [6, 6.07) is 19.9. The fourth-order valence-corrected chi connectivity index (χ4v) is 4.21. The summed E-state index contributed by atoms with van der Waals surface area (Å²) >= 11 is 0. The van der Waals surface area contributed by atoms with E-state index >= 15 is 0 Å². The molecule has 0 amide bonds. The van der Waals surface area contributed by atoms with Crippen LogP contribution in [0.15, 0.2) is 67.1 Å². The maximum Gasteiger partial charge on any atom is 0.111 e. The van der Waals surface area contributed by atoms with Crippen LogP contribution in [0.25, 0.3) is 27.6 Å². The van der Waals surface area contributed by atoms with Gasteiger partial charge in [0.15, 0.2) is 0 Å². The lowest BCUT2D eigenvalue weighted by Gasteiger charge is -2.19. The molecule has 5 rings (SSSR count). The third kappa shape index (κ3) is 3.86. The van der Waals surface area contributed by atoms with Crippen molar-refractivity contribution in [1.29, 1.82) is 10.5 Å². The molecule has 0 saturated heterocycles. The van der Waals surface area contributed by atoms with Crippen LogP contribution < -0.4 is 0 Å². The number of nitrogens with zero attached hydrogens (tertiary/aromatic N) is 6. The summed E-state index contributed by atoms with van der Waals surface area (Å²) in [5.41, 5.74) is 5.38. The van der Waals surface area contributed by atoms with Gasteiger partial charge in [-0.3, -0.25) is 14.5 Å². The number of rotatable bonds is 2. The number of aromatic nitrogens is 4. The van der Waals surface area contributed by atoms with Crippen LogP contribution in [-0.2, 0) is 5.41 Å². The van der Waals surface area contributed by atoms with Crippen molar-refractivity contribution < 1.29 is 0 Å². The zero-order chi connectivity index (χ0) is 24.6. The molecule has 0 aliphatic carbocycles. The quantitative estimate of drug-likeness (QED) is 0.337. The Hall–Kier alpha value is -4.99. The smallest absolute Gasteiger partial charge is 0.111 e. The summed E-state index contributed by atoms with van der Waals surface area (Å²) in [6.07, 6.45) is 5.22. The summed E-state index contributed by atoms with van der Waals surface area (Å²) in [5.74, 6) is 7.14. The van der Waals surface area contributed by atoms with Gasteiger partial charge in [-0.25, -0.2) is 4.98 Å². The average Bonchev–Trinajstić information content (AvgIpc) is 3.23. The van der Waals surface area contributed by atoms with Gasteiger partial charge in [0, 0.05) is 34.6 Å². The van der Waals surface area contributed by atoms with E-state index in [1.54, 1.807) is 18.6 Å². The van der Waals surface area contributed by atoms with E-state index in [1.807, 2.05) is 73.9 Å². The molecule has 0 saturated carbocycles. The fourth-order valence-electron chi connectivity index (χ4n) is 4.21. The molecule has 6 nitrogen and oxygen atoms in total. The second kappa shape index (κ2) is 8.41. The normalized spacial score (nSPS) is 11.0. The third-order valence-corrected chi connectivity index (χ3v) is 6.00. The Morgan fingerprint density at radius 1 is 0.914 bits per heavy atom. The molecule has 2 aromatic carbocycles. The molecular formula is C29H20N6. The van der Waals surface area contributed by atoms with Crippen molar-refractivity contribution in [3.63, 3.8) is 0 Å². The van der Waals surface area contributed by atoms with Crippen molar-refractivity contribution in [1.82, 2.24) is 19.5 Å². The monoisotopic (exact) mass is 452 g/mol. The molecule has 3 aromatic heterocycles. The standard InChI is InChI=1S/C29H20N6/c1-19-34-27-17-33-26-11-8-20(6-7-21-5-4-12-32-16-21)13-24(26)28(27)35(19)23-9-10-25(22(14-23)15-30)29(2,3)18-31/h4-5,8-14,16-17H,1-3H3. The minimum absolute atomic E-state index is 0.469. The van der Waals surface area contributed by atoms with Crippen LogP contribution in [0, 0.1) is 41.4 Å². The van der Waals surface area contributed by atoms with Crippen LogP contribution in [0.3, 0.4) is 0 Å². The summed E-state index contributed by atoms with van der Waals surface area (Å²) in [5, 5.41) is 20.3. The van der Waals surface area contributed by atoms with E-state index < -0.39 is 5.41 Å². The minimum atomic E-state index is -0.770. The van der Waals surface area contributed by atoms with E-state index in [1.165, 1.54) is 0 Å². The number of fused-ring (bicyclic) bond motifs is 3. The molecule has 0 aliphatic rings. The lowest BCUT2D eigenvalue weighted by molar-refractivity contribution is 0.684. The van der Waals surface area contributed by atoms with Crippen LogP contribution in [0.5, 0.6) is 0 Å². The predicted molar refractivity (Wildman–Crippen MR) is 135 cm³/mol. The molecule has 5 aromatic rings. The van der Waals surface area contributed by atoms with E-state index in [0.717, 1.165) is 44.6 Å². The van der Waals surface area contributed by atoms with Crippen LogP contribution in [-0.4, -0.2) is 19.5 Å². The maximum atomic E-state index is 9.83. The summed E-state index contributed by atoms with van der Waals surface area (Å²) in [6.45, 7) is 5.55. The molecule has 0 spiro atoms. The predicted octanol–water partition coefficient (Wildman–Crippen LogP) is 5.35. The van der Waals surface area contributed by atoms with Crippen molar-refractivity contribution in [2.75, 3.05) is 0 Å². The first-order valence-electron chi connectivity index (χ1n) is 11.1. The summed E-state index contributed by atoms with van der Waals surface area (Å²) in [7, 11) is 0. The molecule has 0 atom stereocenters. The molecule has 0 aliphatic heterocycles. The molecule has 0 bridgehead atoms. The zero-order valence-corrected chi connectivity index (χ0v) is 19.5. The van der Waals surface area contributed by atoms with Gasteiger partial charge >= 0.3 is 0 Å². The van der Waals surface area contributed by atoms with Crippen molar-refractivity contribution in [2.45, 2.75) is 26.2 Å².